The van der Waals surface area contributed by atoms with Gasteiger partial charge in [-0.05, 0) is 40.5 Å². The van der Waals surface area contributed by atoms with Crippen LogP contribution in [-0.4, -0.2) is 12.5 Å². The van der Waals surface area contributed by atoms with Crippen LogP contribution in [-0.2, 0) is 0 Å². The van der Waals surface area contributed by atoms with Crippen molar-refractivity contribution in [2.24, 2.45) is 0 Å². The zero-order valence-electron chi connectivity index (χ0n) is 9.93. The maximum atomic E-state index is 11.9. The van der Waals surface area contributed by atoms with Gasteiger partial charge < -0.3 is 5.32 Å². The summed E-state index contributed by atoms with van der Waals surface area (Å²) in [5.41, 5.74) is 0.591. The summed E-state index contributed by atoms with van der Waals surface area (Å²) in [6, 6.07) is 5.21. The van der Waals surface area contributed by atoms with E-state index < -0.39 is 0 Å². The number of unbranched alkanes of at least 4 members (excludes halogenated alkanes) is 3. The second kappa shape index (κ2) is 7.72. The zero-order valence-corrected chi connectivity index (χ0v) is 12.3. The average Bonchev–Trinajstić information content (AvgIpc) is 2.32. The Kier molecular flexibility index (Phi) is 6.60. The predicted molar refractivity (Wildman–Crippen MR) is 75.6 cm³/mol. The lowest BCUT2D eigenvalue weighted by Crippen LogP contribution is -2.24. The first-order valence-electron chi connectivity index (χ1n) is 5.88. The summed E-state index contributed by atoms with van der Waals surface area (Å²) in [6.45, 7) is 2.89. The molecule has 0 aliphatic carbocycles. The molecule has 0 atom stereocenters. The van der Waals surface area contributed by atoms with E-state index in [1.807, 2.05) is 0 Å². The van der Waals surface area contributed by atoms with Crippen LogP contribution in [0.2, 0.25) is 5.02 Å². The number of halogens is 2. The number of rotatable bonds is 6. The predicted octanol–water partition coefficient (Wildman–Crippen LogP) is 4.41. The summed E-state index contributed by atoms with van der Waals surface area (Å²) in [6.07, 6.45) is 4.61. The lowest BCUT2D eigenvalue weighted by molar-refractivity contribution is 0.0952. The molecule has 0 aliphatic rings. The third kappa shape index (κ3) is 5.09. The molecule has 0 bridgehead atoms. The molecule has 1 aromatic carbocycles. The van der Waals surface area contributed by atoms with Crippen LogP contribution in [0.5, 0.6) is 0 Å². The third-order valence-corrected chi connectivity index (χ3v) is 3.42. The smallest absolute Gasteiger partial charge is 0.252 e. The normalized spacial score (nSPS) is 10.3. The molecule has 4 heteroatoms. The fraction of sp³-hybridized carbons (Fsp3) is 0.462. The number of carbonyl (C=O) groups excluding carboxylic acids is 1. The maximum absolute atomic E-state index is 11.9. The summed E-state index contributed by atoms with van der Waals surface area (Å²) >= 11 is 9.21. The first-order valence-corrected chi connectivity index (χ1v) is 7.05. The number of nitrogens with one attached hydrogen (secondary N) is 1. The largest absolute Gasteiger partial charge is 0.352 e. The maximum Gasteiger partial charge on any atom is 0.252 e. The Bertz CT molecular complexity index is 382. The highest BCUT2D eigenvalue weighted by atomic mass is 79.9. The Morgan fingerprint density at radius 3 is 2.82 bits per heavy atom. The first-order chi connectivity index (χ1) is 8.15. The molecule has 1 amide bonds. The lowest BCUT2D eigenvalue weighted by atomic mass is 10.2. The van der Waals surface area contributed by atoms with E-state index >= 15 is 0 Å². The summed E-state index contributed by atoms with van der Waals surface area (Å²) in [5.74, 6) is -0.0733. The quantitative estimate of drug-likeness (QED) is 0.773. The molecule has 0 heterocycles. The molecule has 1 N–H and O–H groups in total. The second-order valence-corrected chi connectivity index (χ2v) is 5.23. The Morgan fingerprint density at radius 2 is 2.12 bits per heavy atom. The second-order valence-electron chi connectivity index (χ2n) is 3.94. The Labute approximate surface area is 116 Å². The molecule has 0 aliphatic heterocycles. The van der Waals surface area contributed by atoms with Gasteiger partial charge in [0.05, 0.1) is 5.56 Å². The molecule has 1 rings (SSSR count). The van der Waals surface area contributed by atoms with Crippen molar-refractivity contribution in [1.82, 2.24) is 5.32 Å². The van der Waals surface area contributed by atoms with Crippen LogP contribution in [0.4, 0.5) is 0 Å². The molecular weight excluding hydrogens is 302 g/mol. The van der Waals surface area contributed by atoms with E-state index in [-0.39, 0.29) is 5.91 Å². The number of amides is 1. The minimum absolute atomic E-state index is 0.0733. The molecule has 0 saturated heterocycles. The standard InChI is InChI=1S/C13H17BrClNO/c1-2-3-4-5-8-16-13(17)11-9-10(15)6-7-12(11)14/h6-7,9H,2-5,8H2,1H3,(H,16,17). The van der Waals surface area contributed by atoms with Crippen molar-refractivity contribution in [2.45, 2.75) is 32.6 Å². The molecule has 17 heavy (non-hydrogen) atoms. The molecule has 0 radical (unpaired) electrons. The van der Waals surface area contributed by atoms with Gasteiger partial charge in [0.2, 0.25) is 0 Å². The summed E-state index contributed by atoms with van der Waals surface area (Å²) in [7, 11) is 0. The van der Waals surface area contributed by atoms with Gasteiger partial charge in [0, 0.05) is 16.0 Å². The molecule has 94 valence electrons. The van der Waals surface area contributed by atoms with Gasteiger partial charge in [-0.1, -0.05) is 37.8 Å². The molecule has 0 saturated carbocycles. The van der Waals surface area contributed by atoms with Gasteiger partial charge in [0.25, 0.3) is 5.91 Å². The lowest BCUT2D eigenvalue weighted by Gasteiger charge is -2.07. The number of hydrogen-bond acceptors (Lipinski definition) is 1. The molecular formula is C13H17BrClNO. The van der Waals surface area contributed by atoms with Gasteiger partial charge in [0.1, 0.15) is 0 Å². The first kappa shape index (κ1) is 14.5. The van der Waals surface area contributed by atoms with Crippen LogP contribution in [0.1, 0.15) is 43.0 Å². The molecule has 1 aromatic rings. The van der Waals surface area contributed by atoms with Crippen molar-refractivity contribution in [3.63, 3.8) is 0 Å². The minimum Gasteiger partial charge on any atom is -0.352 e. The fourth-order valence-electron chi connectivity index (χ4n) is 1.52. The zero-order chi connectivity index (χ0) is 12.7. The Hall–Kier alpha value is -0.540. The van der Waals surface area contributed by atoms with Crippen LogP contribution in [0.3, 0.4) is 0 Å². The molecule has 0 spiro atoms. The molecule has 0 fully saturated rings. The van der Waals surface area contributed by atoms with Gasteiger partial charge in [-0.15, -0.1) is 0 Å². The average molecular weight is 319 g/mol. The van der Waals surface area contributed by atoms with Gasteiger partial charge >= 0.3 is 0 Å². The van der Waals surface area contributed by atoms with Crippen molar-refractivity contribution in [2.75, 3.05) is 6.54 Å². The number of benzene rings is 1. The van der Waals surface area contributed by atoms with E-state index in [1.165, 1.54) is 12.8 Å². The SMILES string of the molecule is CCCCCCNC(=O)c1cc(Cl)ccc1Br. The van der Waals surface area contributed by atoms with E-state index in [2.05, 4.69) is 28.2 Å². The topological polar surface area (TPSA) is 29.1 Å². The van der Waals surface area contributed by atoms with Crippen LogP contribution in [0, 0.1) is 0 Å². The van der Waals surface area contributed by atoms with Crippen LogP contribution >= 0.6 is 27.5 Å². The van der Waals surface area contributed by atoms with Gasteiger partial charge in [-0.3, -0.25) is 4.79 Å². The Balaban J connectivity index is 2.44. The van der Waals surface area contributed by atoms with Gasteiger partial charge in [-0.25, -0.2) is 0 Å². The van der Waals surface area contributed by atoms with E-state index in [0.717, 1.165) is 23.9 Å². The summed E-state index contributed by atoms with van der Waals surface area (Å²) in [4.78, 5) is 11.9. The summed E-state index contributed by atoms with van der Waals surface area (Å²) in [5, 5.41) is 3.47. The van der Waals surface area contributed by atoms with Crippen molar-refractivity contribution in [3.8, 4) is 0 Å². The third-order valence-electron chi connectivity index (χ3n) is 2.49. The summed E-state index contributed by atoms with van der Waals surface area (Å²) < 4.78 is 0.771. The molecule has 2 nitrogen and oxygen atoms in total. The van der Waals surface area contributed by atoms with Crippen molar-refractivity contribution < 1.29 is 4.79 Å². The van der Waals surface area contributed by atoms with E-state index in [0.29, 0.717) is 10.6 Å². The van der Waals surface area contributed by atoms with Crippen LogP contribution < -0.4 is 5.32 Å². The van der Waals surface area contributed by atoms with Crippen LogP contribution in [0.25, 0.3) is 0 Å². The van der Waals surface area contributed by atoms with Crippen molar-refractivity contribution >= 4 is 33.4 Å². The highest BCUT2D eigenvalue weighted by Crippen LogP contribution is 2.20. The Morgan fingerprint density at radius 1 is 1.35 bits per heavy atom. The van der Waals surface area contributed by atoms with E-state index in [1.54, 1.807) is 18.2 Å². The monoisotopic (exact) mass is 317 g/mol. The van der Waals surface area contributed by atoms with E-state index in [9.17, 15) is 4.79 Å². The van der Waals surface area contributed by atoms with Crippen molar-refractivity contribution in [3.05, 3.63) is 33.3 Å². The molecule has 0 unspecified atom stereocenters. The van der Waals surface area contributed by atoms with Crippen LogP contribution in [0.15, 0.2) is 22.7 Å². The number of hydrogen-bond donors (Lipinski definition) is 1. The van der Waals surface area contributed by atoms with Gasteiger partial charge in [0.15, 0.2) is 0 Å². The fourth-order valence-corrected chi connectivity index (χ4v) is 2.12. The van der Waals surface area contributed by atoms with Gasteiger partial charge in [-0.2, -0.15) is 0 Å². The highest BCUT2D eigenvalue weighted by Gasteiger charge is 2.09. The molecule has 0 aromatic heterocycles. The minimum atomic E-state index is -0.0733. The number of carbonyl (C=O) groups is 1. The highest BCUT2D eigenvalue weighted by molar-refractivity contribution is 9.10. The van der Waals surface area contributed by atoms with Crippen molar-refractivity contribution in [1.29, 1.82) is 0 Å². The van der Waals surface area contributed by atoms with E-state index in [4.69, 9.17) is 11.6 Å².